The van der Waals surface area contributed by atoms with Crippen molar-refractivity contribution in [3.63, 3.8) is 0 Å². The minimum atomic E-state index is -1.01. The first-order chi connectivity index (χ1) is 26.0. The number of halogens is 2. The SMILES string of the molecule is C#Cc1c(F)ccc2cc(O)cc(-c3nc(OC)c4c(N5CCCC(C)(O)C5)nc(OCC56CCCC5N(C5COC7(COC7)C5)CCC6)nc4c3F)c12. The number of rotatable bonds is 7. The lowest BCUT2D eigenvalue weighted by Gasteiger charge is -2.48. The van der Waals surface area contributed by atoms with Crippen molar-refractivity contribution < 1.29 is 37.9 Å². The summed E-state index contributed by atoms with van der Waals surface area (Å²) in [6.45, 7) is 5.95. The van der Waals surface area contributed by atoms with E-state index >= 15 is 8.78 Å². The van der Waals surface area contributed by atoms with Crippen LogP contribution in [0, 0.1) is 29.4 Å². The summed E-state index contributed by atoms with van der Waals surface area (Å²) in [6.07, 6.45) is 13.2. The lowest BCUT2D eigenvalue weighted by Crippen LogP contribution is -2.56. The number of phenols is 1. The molecule has 1 spiro atoms. The number of aromatic nitrogens is 3. The van der Waals surface area contributed by atoms with Gasteiger partial charge >= 0.3 is 6.01 Å². The van der Waals surface area contributed by atoms with Gasteiger partial charge in [0.1, 0.15) is 39.6 Å². The number of β-amino-alcohol motifs (C(OH)–C–C–N with tert-alkyl or cyclic N) is 1. The van der Waals surface area contributed by atoms with Gasteiger partial charge in [0, 0.05) is 41.5 Å². The van der Waals surface area contributed by atoms with E-state index in [2.05, 4.69) is 15.8 Å². The van der Waals surface area contributed by atoms with Crippen molar-refractivity contribution in [2.45, 2.75) is 81.6 Å². The van der Waals surface area contributed by atoms with Crippen LogP contribution in [0.3, 0.4) is 0 Å². The molecule has 1 aliphatic carbocycles. The van der Waals surface area contributed by atoms with Crippen LogP contribution in [0.5, 0.6) is 17.6 Å². The zero-order chi connectivity index (χ0) is 37.4. The molecule has 4 unspecified atom stereocenters. The summed E-state index contributed by atoms with van der Waals surface area (Å²) in [4.78, 5) is 18.8. The lowest BCUT2D eigenvalue weighted by molar-refractivity contribution is -0.184. The molecule has 2 N–H and O–H groups in total. The lowest BCUT2D eigenvalue weighted by atomic mass is 9.74. The second kappa shape index (κ2) is 13.2. The molecule has 11 nitrogen and oxygen atoms in total. The predicted octanol–water partition coefficient (Wildman–Crippen LogP) is 5.74. The van der Waals surface area contributed by atoms with Crippen molar-refractivity contribution in [1.82, 2.24) is 19.9 Å². The van der Waals surface area contributed by atoms with Gasteiger partial charge in [-0.25, -0.2) is 13.8 Å². The molecule has 13 heteroatoms. The standard InChI is InChI=1S/C41H45F2N5O6/c1-4-27-29(42)10-9-24-16-26(49)17-28(31(24)27)34-33(43)35-32(37(44-34)51-3)36(47-14-6-11-39(2,50)20-47)46-38(45-35)53-21-40-12-5-8-30(40)48(15-7-13-40)25-18-41(54-19-25)22-52-23-41/h1,9-10,16-17,25,30,49-50H,5-8,11-15,18-23H2,2-3H3. The molecule has 5 aliphatic rings. The van der Waals surface area contributed by atoms with Crippen LogP contribution >= 0.6 is 0 Å². The highest BCUT2D eigenvalue weighted by atomic mass is 19.1. The van der Waals surface area contributed by atoms with E-state index in [4.69, 9.17) is 35.3 Å². The molecule has 0 bridgehead atoms. The highest BCUT2D eigenvalue weighted by molar-refractivity contribution is 6.04. The van der Waals surface area contributed by atoms with Crippen LogP contribution in [-0.2, 0) is 9.47 Å². The van der Waals surface area contributed by atoms with Crippen LogP contribution in [0.2, 0.25) is 0 Å². The number of pyridine rings is 1. The summed E-state index contributed by atoms with van der Waals surface area (Å²) in [5.41, 5.74) is -1.63. The average Bonchev–Trinajstić information content (AvgIpc) is 3.80. The summed E-state index contributed by atoms with van der Waals surface area (Å²) >= 11 is 0. The number of phenolic OH excluding ortho intramolecular Hbond substituents is 1. The van der Waals surface area contributed by atoms with Crippen molar-refractivity contribution in [3.05, 3.63) is 41.5 Å². The number of hydrogen-bond donors (Lipinski definition) is 2. The van der Waals surface area contributed by atoms with Crippen LogP contribution in [0.4, 0.5) is 14.6 Å². The highest BCUT2D eigenvalue weighted by Gasteiger charge is 2.54. The summed E-state index contributed by atoms with van der Waals surface area (Å²) in [5.74, 6) is 1.07. The summed E-state index contributed by atoms with van der Waals surface area (Å²) in [7, 11) is 1.42. The fourth-order valence-corrected chi connectivity index (χ4v) is 10.0. The molecule has 2 aromatic carbocycles. The largest absolute Gasteiger partial charge is 0.508 e. The topological polar surface area (TPSA) is 123 Å². The molecule has 4 saturated heterocycles. The van der Waals surface area contributed by atoms with E-state index in [1.165, 1.54) is 31.4 Å². The normalized spacial score (nSPS) is 28.0. The first kappa shape index (κ1) is 35.4. The van der Waals surface area contributed by atoms with Gasteiger partial charge in [0.05, 0.1) is 44.7 Å². The van der Waals surface area contributed by atoms with Crippen molar-refractivity contribution in [2.24, 2.45) is 5.41 Å². The molecule has 0 radical (unpaired) electrons. The Balaban J connectivity index is 1.15. The summed E-state index contributed by atoms with van der Waals surface area (Å²) in [5, 5.41) is 22.7. The number of aromatic hydroxyl groups is 1. The molecule has 4 aliphatic heterocycles. The van der Waals surface area contributed by atoms with Crippen molar-refractivity contribution in [3.8, 4) is 41.2 Å². The van der Waals surface area contributed by atoms with Crippen LogP contribution in [0.15, 0.2) is 24.3 Å². The van der Waals surface area contributed by atoms with Gasteiger partial charge in [0.15, 0.2) is 5.82 Å². The number of likely N-dealkylation sites (tertiary alicyclic amines) is 1. The number of nitrogens with zero attached hydrogens (tertiary/aromatic N) is 5. The van der Waals surface area contributed by atoms with Crippen LogP contribution in [0.25, 0.3) is 32.9 Å². The number of fused-ring (bicyclic) bond motifs is 3. The van der Waals surface area contributed by atoms with E-state index in [9.17, 15) is 10.2 Å². The number of ether oxygens (including phenoxy) is 4. The molecule has 54 heavy (non-hydrogen) atoms. The summed E-state index contributed by atoms with van der Waals surface area (Å²) < 4.78 is 56.5. The van der Waals surface area contributed by atoms with E-state index < -0.39 is 17.2 Å². The Labute approximate surface area is 312 Å². The maximum Gasteiger partial charge on any atom is 0.319 e. The Kier molecular flexibility index (Phi) is 8.61. The summed E-state index contributed by atoms with van der Waals surface area (Å²) in [6, 6.07) is 6.07. The smallest absolute Gasteiger partial charge is 0.319 e. The van der Waals surface area contributed by atoms with Gasteiger partial charge in [-0.2, -0.15) is 9.97 Å². The van der Waals surface area contributed by atoms with Gasteiger partial charge in [-0.3, -0.25) is 4.90 Å². The average molecular weight is 742 g/mol. The first-order valence-electron chi connectivity index (χ1n) is 19.0. The zero-order valence-electron chi connectivity index (χ0n) is 30.7. The Bertz CT molecular complexity index is 2190. The maximum absolute atomic E-state index is 17.3. The molecule has 0 amide bonds. The maximum atomic E-state index is 17.3. The van der Waals surface area contributed by atoms with Crippen LogP contribution in [0.1, 0.15) is 63.9 Å². The van der Waals surface area contributed by atoms with Gasteiger partial charge in [0.25, 0.3) is 0 Å². The van der Waals surface area contributed by atoms with E-state index in [1.54, 1.807) is 6.92 Å². The van der Waals surface area contributed by atoms with Crippen LogP contribution < -0.4 is 14.4 Å². The number of hydrogen-bond acceptors (Lipinski definition) is 11. The third kappa shape index (κ3) is 5.81. The van der Waals surface area contributed by atoms with Gasteiger partial charge in [0.2, 0.25) is 5.88 Å². The Hall–Kier alpha value is -4.35. The number of benzene rings is 2. The number of anilines is 1. The molecule has 4 atom stereocenters. The van der Waals surface area contributed by atoms with Crippen molar-refractivity contribution >= 4 is 27.5 Å². The quantitative estimate of drug-likeness (QED) is 0.226. The Morgan fingerprint density at radius 2 is 1.87 bits per heavy atom. The van der Waals surface area contributed by atoms with Gasteiger partial charge in [-0.1, -0.05) is 18.4 Å². The van der Waals surface area contributed by atoms with Crippen LogP contribution in [-0.4, -0.2) is 107 Å². The fraction of sp³-hybridized carbons (Fsp3) is 0.537. The van der Waals surface area contributed by atoms with Crippen molar-refractivity contribution in [1.29, 1.82) is 0 Å². The van der Waals surface area contributed by atoms with Gasteiger partial charge < -0.3 is 34.1 Å². The number of methoxy groups -OCH3 is 1. The van der Waals surface area contributed by atoms with E-state index in [0.29, 0.717) is 69.1 Å². The monoisotopic (exact) mass is 741 g/mol. The van der Waals surface area contributed by atoms with E-state index in [1.807, 2.05) is 4.90 Å². The molecule has 5 fully saturated rings. The number of terminal acetylenes is 1. The molecule has 1 saturated carbocycles. The third-order valence-corrected chi connectivity index (χ3v) is 12.6. The molecular formula is C41H45F2N5O6. The second-order valence-electron chi connectivity index (χ2n) is 16.3. The molecule has 6 heterocycles. The number of piperidine rings is 2. The highest BCUT2D eigenvalue weighted by Crippen LogP contribution is 2.51. The van der Waals surface area contributed by atoms with Gasteiger partial charge in [-0.15, -0.1) is 6.42 Å². The Morgan fingerprint density at radius 3 is 2.61 bits per heavy atom. The van der Waals surface area contributed by atoms with Gasteiger partial charge in [-0.05, 0) is 82.0 Å². The fourth-order valence-electron chi connectivity index (χ4n) is 10.0. The minimum absolute atomic E-state index is 0.00358. The number of aliphatic hydroxyl groups is 1. The molecule has 9 rings (SSSR count). The molecule has 284 valence electrons. The van der Waals surface area contributed by atoms with E-state index in [0.717, 1.165) is 45.1 Å². The minimum Gasteiger partial charge on any atom is -0.508 e. The third-order valence-electron chi connectivity index (χ3n) is 12.6. The molecule has 2 aromatic heterocycles. The van der Waals surface area contributed by atoms with Crippen molar-refractivity contribution in [2.75, 3.05) is 58.1 Å². The molecular weight excluding hydrogens is 696 g/mol. The Morgan fingerprint density at radius 1 is 1.06 bits per heavy atom. The zero-order valence-corrected chi connectivity index (χ0v) is 30.7. The predicted molar refractivity (Wildman–Crippen MR) is 198 cm³/mol. The molecule has 4 aromatic rings. The second-order valence-corrected chi connectivity index (χ2v) is 16.3. The van der Waals surface area contributed by atoms with E-state index in [-0.39, 0.29) is 68.3 Å². The first-order valence-corrected chi connectivity index (χ1v) is 19.0.